The third-order valence-electron chi connectivity index (χ3n) is 3.24. The van der Waals surface area contributed by atoms with E-state index in [1.807, 2.05) is 32.9 Å². The van der Waals surface area contributed by atoms with Crippen molar-refractivity contribution in [3.05, 3.63) is 63.1 Å². The summed E-state index contributed by atoms with van der Waals surface area (Å²) < 4.78 is 1.53. The largest absolute Gasteiger partial charge is 0.481 e. The number of carboxylic acid groups (broad SMARTS) is 1. The standard InChI is InChI=1S/C16H17NO3/c1-10-7-11(2)15(12(3)8-10)17-6-4-5-13(16(17)20)9-14(18)19/h4-8H,9H2,1-3H3,(H,18,19). The number of carboxylic acids is 1. The van der Waals surface area contributed by atoms with E-state index in [9.17, 15) is 9.59 Å². The Hall–Kier alpha value is -2.36. The third-order valence-corrected chi connectivity index (χ3v) is 3.24. The molecule has 0 spiro atoms. The van der Waals surface area contributed by atoms with E-state index in [1.54, 1.807) is 18.3 Å². The maximum absolute atomic E-state index is 12.4. The van der Waals surface area contributed by atoms with Crippen molar-refractivity contribution < 1.29 is 9.90 Å². The first-order valence-corrected chi connectivity index (χ1v) is 6.40. The second kappa shape index (κ2) is 5.33. The normalized spacial score (nSPS) is 10.6. The predicted molar refractivity (Wildman–Crippen MR) is 77.6 cm³/mol. The third kappa shape index (κ3) is 2.64. The summed E-state index contributed by atoms with van der Waals surface area (Å²) in [5.74, 6) is -1.00. The van der Waals surface area contributed by atoms with Crippen LogP contribution >= 0.6 is 0 Å². The number of hydrogen-bond acceptors (Lipinski definition) is 2. The van der Waals surface area contributed by atoms with E-state index in [0.717, 1.165) is 22.4 Å². The molecule has 1 N–H and O–H groups in total. The number of aromatic nitrogens is 1. The van der Waals surface area contributed by atoms with Crippen LogP contribution in [0.3, 0.4) is 0 Å². The van der Waals surface area contributed by atoms with Crippen LogP contribution in [0.25, 0.3) is 5.69 Å². The zero-order valence-corrected chi connectivity index (χ0v) is 11.8. The molecule has 0 amide bonds. The van der Waals surface area contributed by atoms with Gasteiger partial charge < -0.3 is 5.11 Å². The summed E-state index contributed by atoms with van der Waals surface area (Å²) in [7, 11) is 0. The van der Waals surface area contributed by atoms with Crippen molar-refractivity contribution >= 4 is 5.97 Å². The Kier molecular flexibility index (Phi) is 3.74. The highest BCUT2D eigenvalue weighted by Crippen LogP contribution is 2.19. The molecule has 0 saturated carbocycles. The summed E-state index contributed by atoms with van der Waals surface area (Å²) in [6.45, 7) is 5.91. The molecule has 1 aromatic carbocycles. The van der Waals surface area contributed by atoms with E-state index in [1.165, 1.54) is 4.57 Å². The van der Waals surface area contributed by atoms with Crippen molar-refractivity contribution in [1.82, 2.24) is 4.57 Å². The molecule has 2 rings (SSSR count). The molecular weight excluding hydrogens is 254 g/mol. The van der Waals surface area contributed by atoms with E-state index >= 15 is 0 Å². The summed E-state index contributed by atoms with van der Waals surface area (Å²) in [5, 5.41) is 8.85. The Bertz CT molecular complexity index is 706. The van der Waals surface area contributed by atoms with Gasteiger partial charge in [0.2, 0.25) is 0 Å². The Balaban J connectivity index is 2.66. The van der Waals surface area contributed by atoms with Gasteiger partial charge in [-0.3, -0.25) is 14.2 Å². The topological polar surface area (TPSA) is 59.3 Å². The first-order chi connectivity index (χ1) is 9.40. The van der Waals surface area contributed by atoms with Crippen molar-refractivity contribution in [2.45, 2.75) is 27.2 Å². The van der Waals surface area contributed by atoms with Gasteiger partial charge in [0, 0.05) is 11.8 Å². The minimum atomic E-state index is -1.00. The van der Waals surface area contributed by atoms with Crippen LogP contribution in [-0.4, -0.2) is 15.6 Å². The summed E-state index contributed by atoms with van der Waals surface area (Å²) in [4.78, 5) is 23.2. The molecule has 2 aromatic rings. The first-order valence-electron chi connectivity index (χ1n) is 6.40. The molecule has 0 aliphatic heterocycles. The fraction of sp³-hybridized carbons (Fsp3) is 0.250. The first kappa shape index (κ1) is 14.1. The number of hydrogen-bond donors (Lipinski definition) is 1. The van der Waals surface area contributed by atoms with Crippen molar-refractivity contribution in [3.8, 4) is 5.69 Å². The Morgan fingerprint density at radius 1 is 1.20 bits per heavy atom. The van der Waals surface area contributed by atoms with E-state index < -0.39 is 5.97 Å². The molecule has 0 aliphatic carbocycles. The minimum absolute atomic E-state index is 0.260. The number of aryl methyl sites for hydroxylation is 3. The second-order valence-corrected chi connectivity index (χ2v) is 5.03. The number of benzene rings is 1. The van der Waals surface area contributed by atoms with Crippen LogP contribution < -0.4 is 5.56 Å². The van der Waals surface area contributed by atoms with Gasteiger partial charge in [-0.05, 0) is 38.0 Å². The average Bonchev–Trinajstić information content (AvgIpc) is 2.32. The molecule has 0 fully saturated rings. The van der Waals surface area contributed by atoms with Gasteiger partial charge in [-0.2, -0.15) is 0 Å². The van der Waals surface area contributed by atoms with Gasteiger partial charge in [0.25, 0.3) is 5.56 Å². The van der Waals surface area contributed by atoms with Crippen LogP contribution in [0.5, 0.6) is 0 Å². The number of nitrogens with zero attached hydrogens (tertiary/aromatic N) is 1. The molecule has 1 aromatic heterocycles. The van der Waals surface area contributed by atoms with Crippen LogP contribution in [0.1, 0.15) is 22.3 Å². The quantitative estimate of drug-likeness (QED) is 0.932. The average molecular weight is 271 g/mol. The molecular formula is C16H17NO3. The highest BCUT2D eigenvalue weighted by molar-refractivity contribution is 5.70. The smallest absolute Gasteiger partial charge is 0.308 e. The van der Waals surface area contributed by atoms with Gasteiger partial charge in [-0.15, -0.1) is 0 Å². The Morgan fingerprint density at radius 3 is 2.35 bits per heavy atom. The molecule has 0 bridgehead atoms. The number of aliphatic carboxylic acids is 1. The Labute approximate surface area is 117 Å². The number of carbonyl (C=O) groups is 1. The molecule has 0 radical (unpaired) electrons. The molecule has 1 heterocycles. The summed E-state index contributed by atoms with van der Waals surface area (Å²) in [5.41, 5.74) is 3.98. The van der Waals surface area contributed by atoms with E-state index in [2.05, 4.69) is 0 Å². The van der Waals surface area contributed by atoms with Crippen LogP contribution in [0.15, 0.2) is 35.3 Å². The number of rotatable bonds is 3. The van der Waals surface area contributed by atoms with Gasteiger partial charge in [0.05, 0.1) is 12.1 Å². The molecule has 4 heteroatoms. The Morgan fingerprint density at radius 2 is 1.80 bits per heavy atom. The van der Waals surface area contributed by atoms with Crippen LogP contribution in [0.4, 0.5) is 0 Å². The van der Waals surface area contributed by atoms with Gasteiger partial charge in [-0.25, -0.2) is 0 Å². The lowest BCUT2D eigenvalue weighted by Gasteiger charge is -2.14. The molecule has 4 nitrogen and oxygen atoms in total. The fourth-order valence-corrected chi connectivity index (χ4v) is 2.56. The van der Waals surface area contributed by atoms with Gasteiger partial charge in [-0.1, -0.05) is 23.8 Å². The molecule has 0 unspecified atom stereocenters. The maximum atomic E-state index is 12.4. The fourth-order valence-electron chi connectivity index (χ4n) is 2.56. The summed E-state index contributed by atoms with van der Waals surface area (Å²) in [6, 6.07) is 7.29. The SMILES string of the molecule is Cc1cc(C)c(-n2cccc(CC(=O)O)c2=O)c(C)c1. The highest BCUT2D eigenvalue weighted by atomic mass is 16.4. The second-order valence-electron chi connectivity index (χ2n) is 5.03. The molecule has 0 atom stereocenters. The minimum Gasteiger partial charge on any atom is -0.481 e. The zero-order valence-electron chi connectivity index (χ0n) is 11.8. The monoisotopic (exact) mass is 271 g/mol. The lowest BCUT2D eigenvalue weighted by Crippen LogP contribution is -2.24. The number of pyridine rings is 1. The molecule has 20 heavy (non-hydrogen) atoms. The van der Waals surface area contributed by atoms with Gasteiger partial charge >= 0.3 is 5.97 Å². The van der Waals surface area contributed by atoms with Crippen molar-refractivity contribution in [1.29, 1.82) is 0 Å². The maximum Gasteiger partial charge on any atom is 0.308 e. The summed E-state index contributed by atoms with van der Waals surface area (Å²) >= 11 is 0. The van der Waals surface area contributed by atoms with E-state index in [4.69, 9.17) is 5.11 Å². The lowest BCUT2D eigenvalue weighted by atomic mass is 10.0. The zero-order chi connectivity index (χ0) is 14.9. The van der Waals surface area contributed by atoms with Gasteiger partial charge in [0.1, 0.15) is 0 Å². The molecule has 104 valence electrons. The van der Waals surface area contributed by atoms with Crippen molar-refractivity contribution in [2.24, 2.45) is 0 Å². The van der Waals surface area contributed by atoms with Crippen LogP contribution in [-0.2, 0) is 11.2 Å². The highest BCUT2D eigenvalue weighted by Gasteiger charge is 2.12. The molecule has 0 saturated heterocycles. The summed E-state index contributed by atoms with van der Waals surface area (Å²) in [6.07, 6.45) is 1.42. The van der Waals surface area contributed by atoms with Crippen LogP contribution in [0, 0.1) is 20.8 Å². The lowest BCUT2D eigenvalue weighted by molar-refractivity contribution is -0.136. The van der Waals surface area contributed by atoms with Crippen LogP contribution in [0.2, 0.25) is 0 Å². The van der Waals surface area contributed by atoms with Crippen molar-refractivity contribution in [2.75, 3.05) is 0 Å². The predicted octanol–water partition coefficient (Wildman–Crippen LogP) is 2.39. The molecule has 0 aliphatic rings. The van der Waals surface area contributed by atoms with E-state index in [-0.39, 0.29) is 12.0 Å². The van der Waals surface area contributed by atoms with Crippen molar-refractivity contribution in [3.63, 3.8) is 0 Å². The van der Waals surface area contributed by atoms with Gasteiger partial charge in [0.15, 0.2) is 0 Å². The van der Waals surface area contributed by atoms with E-state index in [0.29, 0.717) is 5.56 Å².